The maximum absolute atomic E-state index is 13.9. The number of sulfonamides is 1. The summed E-state index contributed by atoms with van der Waals surface area (Å²) >= 11 is 0. The molecule has 0 heterocycles. The number of rotatable bonds is 14. The third-order valence-corrected chi connectivity index (χ3v) is 8.38. The molecule has 9 heteroatoms. The Morgan fingerprint density at radius 2 is 1.55 bits per heavy atom. The summed E-state index contributed by atoms with van der Waals surface area (Å²) in [4.78, 5) is 29.0. The normalized spacial score (nSPS) is 12.8. The average Bonchev–Trinajstić information content (AvgIpc) is 2.93. The fourth-order valence-corrected chi connectivity index (χ4v) is 5.83. The summed E-state index contributed by atoms with van der Waals surface area (Å²) in [6.07, 6.45) is 2.47. The molecule has 7 nitrogen and oxygen atoms in total. The smallest absolute Gasteiger partial charge is 0.243 e. The van der Waals surface area contributed by atoms with Gasteiger partial charge in [-0.3, -0.25) is 13.9 Å². The van der Waals surface area contributed by atoms with Crippen LogP contribution in [0.25, 0.3) is 0 Å². The molecule has 42 heavy (non-hydrogen) atoms. The summed E-state index contributed by atoms with van der Waals surface area (Å²) in [6, 6.07) is 20.1. The lowest BCUT2D eigenvalue weighted by Gasteiger charge is -2.32. The summed E-state index contributed by atoms with van der Waals surface area (Å²) in [5.74, 6) is -0.940. The van der Waals surface area contributed by atoms with Crippen LogP contribution in [-0.2, 0) is 32.6 Å². The number of halogens is 1. The Hall–Kier alpha value is -3.72. The maximum atomic E-state index is 13.9. The van der Waals surface area contributed by atoms with Gasteiger partial charge in [-0.25, -0.2) is 12.8 Å². The molecule has 0 radical (unpaired) electrons. The van der Waals surface area contributed by atoms with Gasteiger partial charge in [-0.05, 0) is 80.1 Å². The predicted octanol–water partition coefficient (Wildman–Crippen LogP) is 5.54. The SMILES string of the molecule is CC[C@H](C)NC(=O)[C@H](Cc1ccccc1)N(Cc1ccc(F)cc1)C(=O)CCCN(c1cc(C)cc(C)c1)S(C)(=O)=O. The van der Waals surface area contributed by atoms with Crippen molar-refractivity contribution in [2.75, 3.05) is 17.1 Å². The monoisotopic (exact) mass is 595 g/mol. The van der Waals surface area contributed by atoms with Gasteiger partial charge < -0.3 is 10.2 Å². The zero-order chi connectivity index (χ0) is 30.9. The van der Waals surface area contributed by atoms with Crippen molar-refractivity contribution in [1.82, 2.24) is 10.2 Å². The predicted molar refractivity (Wildman–Crippen MR) is 166 cm³/mol. The lowest BCUT2D eigenvalue weighted by molar-refractivity contribution is -0.141. The summed E-state index contributed by atoms with van der Waals surface area (Å²) in [6.45, 7) is 7.92. The summed E-state index contributed by atoms with van der Waals surface area (Å²) < 4.78 is 40.4. The van der Waals surface area contributed by atoms with Crippen LogP contribution in [0, 0.1) is 19.7 Å². The van der Waals surface area contributed by atoms with Crippen molar-refractivity contribution < 1.29 is 22.4 Å². The van der Waals surface area contributed by atoms with Gasteiger partial charge in [0.2, 0.25) is 21.8 Å². The zero-order valence-electron chi connectivity index (χ0n) is 25.1. The first-order valence-corrected chi connectivity index (χ1v) is 16.2. The van der Waals surface area contributed by atoms with Gasteiger partial charge in [0.1, 0.15) is 11.9 Å². The minimum atomic E-state index is -3.60. The average molecular weight is 596 g/mol. The Balaban J connectivity index is 1.90. The fraction of sp³-hybridized carbons (Fsp3) is 0.394. The highest BCUT2D eigenvalue weighted by molar-refractivity contribution is 7.92. The molecule has 0 aromatic heterocycles. The summed E-state index contributed by atoms with van der Waals surface area (Å²) in [5, 5.41) is 3.03. The Bertz CT molecular complexity index is 1430. The minimum Gasteiger partial charge on any atom is -0.352 e. The number of aryl methyl sites for hydroxylation is 2. The lowest BCUT2D eigenvalue weighted by atomic mass is 10.0. The summed E-state index contributed by atoms with van der Waals surface area (Å²) in [5.41, 5.74) is 4.02. The molecule has 0 aliphatic heterocycles. The molecule has 3 aromatic carbocycles. The molecule has 0 saturated carbocycles. The number of amides is 2. The van der Waals surface area contributed by atoms with Gasteiger partial charge in [0.15, 0.2) is 0 Å². The van der Waals surface area contributed by atoms with Crippen molar-refractivity contribution in [3.05, 3.63) is 101 Å². The van der Waals surface area contributed by atoms with E-state index in [1.807, 2.05) is 76.2 Å². The van der Waals surface area contributed by atoms with Crippen molar-refractivity contribution in [2.24, 2.45) is 0 Å². The van der Waals surface area contributed by atoms with E-state index in [0.29, 0.717) is 17.7 Å². The van der Waals surface area contributed by atoms with Crippen LogP contribution < -0.4 is 9.62 Å². The highest BCUT2D eigenvalue weighted by atomic mass is 32.2. The minimum absolute atomic E-state index is 0.0277. The number of hydrogen-bond acceptors (Lipinski definition) is 4. The lowest BCUT2D eigenvalue weighted by Crippen LogP contribution is -2.52. The molecule has 2 atom stereocenters. The first-order valence-electron chi connectivity index (χ1n) is 14.3. The molecular weight excluding hydrogens is 553 g/mol. The van der Waals surface area contributed by atoms with E-state index < -0.39 is 16.1 Å². The van der Waals surface area contributed by atoms with E-state index in [2.05, 4.69) is 5.32 Å². The van der Waals surface area contributed by atoms with E-state index >= 15 is 0 Å². The van der Waals surface area contributed by atoms with Gasteiger partial charge >= 0.3 is 0 Å². The van der Waals surface area contributed by atoms with Crippen molar-refractivity contribution in [3.8, 4) is 0 Å². The Kier molecular flexibility index (Phi) is 11.7. The van der Waals surface area contributed by atoms with Gasteiger partial charge in [-0.2, -0.15) is 0 Å². The van der Waals surface area contributed by atoms with Crippen LogP contribution in [0.5, 0.6) is 0 Å². The van der Waals surface area contributed by atoms with Crippen LogP contribution in [0.4, 0.5) is 10.1 Å². The van der Waals surface area contributed by atoms with Crippen LogP contribution in [0.3, 0.4) is 0 Å². The second-order valence-corrected chi connectivity index (χ2v) is 12.9. The number of anilines is 1. The van der Waals surface area contributed by atoms with E-state index in [4.69, 9.17) is 0 Å². The standard InChI is InChI=1S/C33H42FN3O4S/c1-6-26(4)35-33(39)31(22-27-11-8-7-9-12-27)36(23-28-14-16-29(34)17-15-28)32(38)13-10-18-37(42(5,40)41)30-20-24(2)19-25(3)21-30/h7-9,11-12,14-17,19-21,26,31H,6,10,13,18,22-23H2,1-5H3,(H,35,39)/t26-,31-/m0/s1. The topological polar surface area (TPSA) is 86.8 Å². The van der Waals surface area contributed by atoms with Crippen LogP contribution in [0.1, 0.15) is 55.4 Å². The molecule has 226 valence electrons. The van der Waals surface area contributed by atoms with Crippen molar-refractivity contribution >= 4 is 27.5 Å². The van der Waals surface area contributed by atoms with Crippen molar-refractivity contribution in [2.45, 2.75) is 72.0 Å². The molecule has 3 rings (SSSR count). The number of nitrogens with zero attached hydrogens (tertiary/aromatic N) is 2. The number of benzene rings is 3. The first-order chi connectivity index (χ1) is 19.9. The third kappa shape index (κ3) is 9.69. The largest absolute Gasteiger partial charge is 0.352 e. The van der Waals surface area contributed by atoms with E-state index in [-0.39, 0.29) is 49.6 Å². The highest BCUT2D eigenvalue weighted by Crippen LogP contribution is 2.23. The molecule has 2 amide bonds. The van der Waals surface area contributed by atoms with Crippen molar-refractivity contribution in [3.63, 3.8) is 0 Å². The Labute approximate surface area is 249 Å². The Morgan fingerprint density at radius 3 is 2.12 bits per heavy atom. The highest BCUT2D eigenvalue weighted by Gasteiger charge is 2.31. The fourth-order valence-electron chi connectivity index (χ4n) is 4.88. The van der Waals surface area contributed by atoms with Gasteiger partial charge in [0.25, 0.3) is 0 Å². The van der Waals surface area contributed by atoms with Gasteiger partial charge in [-0.15, -0.1) is 0 Å². The molecule has 0 aliphatic carbocycles. The number of carbonyl (C=O) groups is 2. The maximum Gasteiger partial charge on any atom is 0.243 e. The molecule has 3 aromatic rings. The van der Waals surface area contributed by atoms with Crippen LogP contribution in [0.15, 0.2) is 72.8 Å². The molecule has 0 spiro atoms. The number of nitrogens with one attached hydrogen (secondary N) is 1. The molecule has 0 saturated heterocycles. The molecular formula is C33H42FN3O4S. The second-order valence-electron chi connectivity index (χ2n) is 11.0. The van der Waals surface area contributed by atoms with E-state index in [1.54, 1.807) is 17.0 Å². The summed E-state index contributed by atoms with van der Waals surface area (Å²) in [7, 11) is -3.60. The number of carbonyl (C=O) groups excluding carboxylic acids is 2. The van der Waals surface area contributed by atoms with Crippen LogP contribution in [0.2, 0.25) is 0 Å². The van der Waals surface area contributed by atoms with E-state index in [1.165, 1.54) is 16.4 Å². The van der Waals surface area contributed by atoms with Gasteiger partial charge in [0.05, 0.1) is 11.9 Å². The molecule has 0 fully saturated rings. The van der Waals surface area contributed by atoms with Gasteiger partial charge in [0, 0.05) is 32.0 Å². The van der Waals surface area contributed by atoms with Crippen LogP contribution in [-0.4, -0.2) is 50.0 Å². The van der Waals surface area contributed by atoms with Gasteiger partial charge in [-0.1, -0.05) is 55.5 Å². The van der Waals surface area contributed by atoms with E-state index in [0.717, 1.165) is 29.4 Å². The molecule has 0 aliphatic rings. The molecule has 0 bridgehead atoms. The zero-order valence-corrected chi connectivity index (χ0v) is 26.0. The van der Waals surface area contributed by atoms with Crippen LogP contribution >= 0.6 is 0 Å². The quantitative estimate of drug-likeness (QED) is 0.265. The molecule has 1 N–H and O–H groups in total. The Morgan fingerprint density at radius 1 is 0.929 bits per heavy atom. The van der Waals surface area contributed by atoms with E-state index in [9.17, 15) is 22.4 Å². The second kappa shape index (κ2) is 15.0. The first kappa shape index (κ1) is 32.8. The van der Waals surface area contributed by atoms with Crippen molar-refractivity contribution in [1.29, 1.82) is 0 Å². The third-order valence-electron chi connectivity index (χ3n) is 7.18. The molecule has 0 unspecified atom stereocenters. The number of hydrogen-bond donors (Lipinski definition) is 1.